The summed E-state index contributed by atoms with van der Waals surface area (Å²) in [6, 6.07) is 15.5. The van der Waals surface area contributed by atoms with Gasteiger partial charge in [0.05, 0.1) is 19.3 Å². The van der Waals surface area contributed by atoms with E-state index >= 15 is 0 Å². The van der Waals surface area contributed by atoms with E-state index in [1.165, 1.54) is 0 Å². The number of phenolic OH excluding ortho intramolecular Hbond substituents is 3. The Labute approximate surface area is 253 Å². The topological polar surface area (TPSA) is 76.3 Å². The van der Waals surface area contributed by atoms with Crippen molar-refractivity contribution in [2.24, 2.45) is 5.10 Å². The summed E-state index contributed by atoms with van der Waals surface area (Å²) < 4.78 is 0. The summed E-state index contributed by atoms with van der Waals surface area (Å²) in [7, 11) is 0. The van der Waals surface area contributed by atoms with Gasteiger partial charge in [-0.15, -0.1) is 0 Å². The minimum atomic E-state index is -0.246. The molecule has 3 rings (SSSR count). The zero-order valence-electron chi connectivity index (χ0n) is 27.8. The Morgan fingerprint density at radius 1 is 0.571 bits per heavy atom. The van der Waals surface area contributed by atoms with Gasteiger partial charge in [0.2, 0.25) is 0 Å². The zero-order valence-corrected chi connectivity index (χ0v) is 27.8. The number of rotatable bonds is 6. The maximum atomic E-state index is 11.3. The van der Waals surface area contributed by atoms with Crippen molar-refractivity contribution in [2.45, 2.75) is 118 Å². The number of hydrazone groups is 1. The SMILES string of the molecule is CC(C)(C)c1cc(CN(Cc2cc(C(C)(C)C)c(O)c(C(C)(C)C)c2)/N=C\c2ccccc2O)cc(C(C)(C)C)c1O. The van der Waals surface area contributed by atoms with E-state index in [0.29, 0.717) is 30.2 Å². The van der Waals surface area contributed by atoms with E-state index in [4.69, 9.17) is 5.10 Å². The third kappa shape index (κ3) is 7.87. The van der Waals surface area contributed by atoms with E-state index in [1.54, 1.807) is 18.3 Å². The van der Waals surface area contributed by atoms with Gasteiger partial charge in [-0.1, -0.05) is 95.2 Å². The first-order chi connectivity index (χ1) is 19.1. The number of para-hydroxylation sites is 1. The van der Waals surface area contributed by atoms with Gasteiger partial charge in [0.25, 0.3) is 0 Å². The van der Waals surface area contributed by atoms with Gasteiger partial charge >= 0.3 is 0 Å². The average Bonchev–Trinajstić information content (AvgIpc) is 2.82. The summed E-state index contributed by atoms with van der Waals surface area (Å²) in [6.07, 6.45) is 1.70. The van der Waals surface area contributed by atoms with E-state index in [-0.39, 0.29) is 27.4 Å². The number of nitrogens with zero attached hydrogens (tertiary/aromatic N) is 2. The Bertz CT molecular complexity index is 1290. The molecule has 0 heterocycles. The van der Waals surface area contributed by atoms with Crippen molar-refractivity contribution in [1.29, 1.82) is 0 Å². The van der Waals surface area contributed by atoms with Crippen LogP contribution in [0.15, 0.2) is 53.6 Å². The van der Waals surface area contributed by atoms with E-state index in [0.717, 1.165) is 33.4 Å². The highest BCUT2D eigenvalue weighted by Gasteiger charge is 2.29. The molecule has 0 aliphatic rings. The zero-order chi connectivity index (χ0) is 31.8. The van der Waals surface area contributed by atoms with Gasteiger partial charge in [-0.25, -0.2) is 0 Å². The first-order valence-electron chi connectivity index (χ1n) is 14.9. The molecule has 0 atom stereocenters. The summed E-state index contributed by atoms with van der Waals surface area (Å²) >= 11 is 0. The van der Waals surface area contributed by atoms with E-state index < -0.39 is 0 Å². The molecule has 0 fully saturated rings. The van der Waals surface area contributed by atoms with E-state index in [9.17, 15) is 15.3 Å². The Balaban J connectivity index is 2.19. The molecule has 5 heteroatoms. The molecule has 5 nitrogen and oxygen atoms in total. The van der Waals surface area contributed by atoms with Crippen LogP contribution in [0.4, 0.5) is 0 Å². The second-order valence-corrected chi connectivity index (χ2v) is 15.7. The quantitative estimate of drug-likeness (QED) is 0.203. The van der Waals surface area contributed by atoms with Crippen LogP contribution in [0.5, 0.6) is 17.2 Å². The van der Waals surface area contributed by atoms with E-state index in [1.807, 2.05) is 17.1 Å². The molecule has 3 aromatic rings. The maximum absolute atomic E-state index is 11.3. The molecule has 0 unspecified atom stereocenters. The average molecular weight is 573 g/mol. The van der Waals surface area contributed by atoms with Gasteiger partial charge < -0.3 is 15.3 Å². The molecule has 3 N–H and O–H groups in total. The molecule has 0 bridgehead atoms. The first kappa shape index (κ1) is 33.0. The van der Waals surface area contributed by atoms with Crippen LogP contribution in [-0.2, 0) is 34.7 Å². The van der Waals surface area contributed by atoms with Crippen LogP contribution in [0.25, 0.3) is 0 Å². The number of aromatic hydroxyl groups is 3. The fourth-order valence-corrected chi connectivity index (χ4v) is 5.16. The summed E-state index contributed by atoms with van der Waals surface area (Å²) in [5.41, 5.74) is 5.37. The number of benzene rings is 3. The number of hydrogen-bond acceptors (Lipinski definition) is 5. The van der Waals surface area contributed by atoms with Crippen LogP contribution in [0.3, 0.4) is 0 Å². The molecule has 0 aliphatic heterocycles. The molecular formula is C37H52N2O3. The molecule has 0 aliphatic carbocycles. The van der Waals surface area contributed by atoms with Crippen LogP contribution in [0, 0.1) is 0 Å². The van der Waals surface area contributed by atoms with Crippen molar-refractivity contribution in [3.8, 4) is 17.2 Å². The van der Waals surface area contributed by atoms with Crippen LogP contribution in [0.2, 0.25) is 0 Å². The second-order valence-electron chi connectivity index (χ2n) is 15.7. The molecular weight excluding hydrogens is 520 g/mol. The van der Waals surface area contributed by atoms with Crippen molar-refractivity contribution in [3.63, 3.8) is 0 Å². The lowest BCUT2D eigenvalue weighted by Gasteiger charge is -2.30. The molecule has 0 spiro atoms. The third-order valence-electron chi connectivity index (χ3n) is 7.60. The van der Waals surface area contributed by atoms with E-state index in [2.05, 4.69) is 107 Å². The molecule has 3 aromatic carbocycles. The van der Waals surface area contributed by atoms with Gasteiger partial charge in [-0.2, -0.15) is 5.10 Å². The molecule has 0 saturated heterocycles. The smallest absolute Gasteiger partial charge is 0.124 e. The molecule has 0 radical (unpaired) electrons. The fraction of sp³-hybridized carbons (Fsp3) is 0.486. The van der Waals surface area contributed by atoms with Crippen LogP contribution in [-0.4, -0.2) is 26.5 Å². The monoisotopic (exact) mass is 572 g/mol. The van der Waals surface area contributed by atoms with Crippen molar-refractivity contribution in [2.75, 3.05) is 0 Å². The normalized spacial score (nSPS) is 13.1. The van der Waals surface area contributed by atoms with Gasteiger partial charge in [-0.05, 0) is 91.4 Å². The summed E-state index contributed by atoms with van der Waals surface area (Å²) in [4.78, 5) is 0. The highest BCUT2D eigenvalue weighted by molar-refractivity contribution is 5.83. The van der Waals surface area contributed by atoms with Crippen LogP contribution >= 0.6 is 0 Å². The number of phenols is 3. The highest BCUT2D eigenvalue weighted by Crippen LogP contribution is 2.42. The lowest BCUT2D eigenvalue weighted by Crippen LogP contribution is -2.22. The van der Waals surface area contributed by atoms with Gasteiger partial charge in [0.1, 0.15) is 17.2 Å². The number of hydrogen-bond donors (Lipinski definition) is 3. The Kier molecular flexibility index (Phi) is 9.17. The van der Waals surface area contributed by atoms with Gasteiger partial charge in [0.15, 0.2) is 0 Å². The summed E-state index contributed by atoms with van der Waals surface area (Å²) in [6.45, 7) is 26.4. The third-order valence-corrected chi connectivity index (χ3v) is 7.60. The van der Waals surface area contributed by atoms with Gasteiger partial charge in [0, 0.05) is 5.56 Å². The van der Waals surface area contributed by atoms with Crippen molar-refractivity contribution in [3.05, 3.63) is 87.5 Å². The summed E-state index contributed by atoms with van der Waals surface area (Å²) in [5.74, 6) is 0.878. The molecule has 0 amide bonds. The van der Waals surface area contributed by atoms with Gasteiger partial charge in [-0.3, -0.25) is 5.01 Å². The lowest BCUT2D eigenvalue weighted by atomic mass is 9.78. The standard InChI is InChI=1S/C37H52N2O3/c1-34(2,3)27-17-24(18-28(32(27)41)35(4,5)6)22-39(38-21-26-15-13-14-16-31(26)40)23-25-19-29(36(7,8)9)33(42)30(20-25)37(10,11)12/h13-21,40-42H,22-23H2,1-12H3/b38-21-. The fourth-order valence-electron chi connectivity index (χ4n) is 5.16. The first-order valence-corrected chi connectivity index (χ1v) is 14.9. The minimum absolute atomic E-state index is 0.172. The second kappa shape index (κ2) is 11.7. The molecule has 0 aromatic heterocycles. The van der Waals surface area contributed by atoms with Crippen molar-refractivity contribution in [1.82, 2.24) is 5.01 Å². The minimum Gasteiger partial charge on any atom is -0.507 e. The predicted octanol–water partition coefficient (Wildman–Crippen LogP) is 9.03. The van der Waals surface area contributed by atoms with Crippen LogP contribution < -0.4 is 0 Å². The highest BCUT2D eigenvalue weighted by atomic mass is 16.3. The molecule has 228 valence electrons. The predicted molar refractivity (Wildman–Crippen MR) is 176 cm³/mol. The Hall–Kier alpha value is -3.47. The van der Waals surface area contributed by atoms with Crippen molar-refractivity contribution < 1.29 is 15.3 Å². The largest absolute Gasteiger partial charge is 0.507 e. The molecule has 0 saturated carbocycles. The van der Waals surface area contributed by atoms with Crippen LogP contribution in [0.1, 0.15) is 122 Å². The van der Waals surface area contributed by atoms with Crippen molar-refractivity contribution >= 4 is 6.21 Å². The Morgan fingerprint density at radius 3 is 1.21 bits per heavy atom. The lowest BCUT2D eigenvalue weighted by molar-refractivity contribution is 0.271. The maximum Gasteiger partial charge on any atom is 0.124 e. The molecule has 42 heavy (non-hydrogen) atoms. The summed E-state index contributed by atoms with van der Waals surface area (Å²) in [5, 5.41) is 39.8. The Morgan fingerprint density at radius 2 is 0.905 bits per heavy atom.